The predicted molar refractivity (Wildman–Crippen MR) is 63.5 cm³/mol. The number of rotatable bonds is 5. The van der Waals surface area contributed by atoms with Crippen molar-refractivity contribution in [2.45, 2.75) is 12.4 Å². The van der Waals surface area contributed by atoms with Gasteiger partial charge in [0, 0.05) is 0 Å². The molecule has 0 aliphatic rings. The van der Waals surface area contributed by atoms with E-state index in [2.05, 4.69) is 14.1 Å². The molecule has 0 spiro atoms. The molecule has 0 aliphatic carbocycles. The van der Waals surface area contributed by atoms with Crippen LogP contribution in [0.3, 0.4) is 0 Å². The van der Waals surface area contributed by atoms with Gasteiger partial charge in [0.15, 0.2) is 11.4 Å². The van der Waals surface area contributed by atoms with E-state index in [0.717, 1.165) is 12.1 Å². The average Bonchev–Trinajstić information content (AvgIpc) is 2.37. The van der Waals surface area contributed by atoms with Gasteiger partial charge in [0.1, 0.15) is 0 Å². The summed E-state index contributed by atoms with van der Waals surface area (Å²) in [4.78, 5) is 21.8. The van der Waals surface area contributed by atoms with Crippen LogP contribution in [0, 0.1) is 4.91 Å². The Balaban J connectivity index is 3.25. The van der Waals surface area contributed by atoms with Crippen LogP contribution in [-0.2, 0) is 14.9 Å². The van der Waals surface area contributed by atoms with Gasteiger partial charge in [0.25, 0.3) is 0 Å². The number of benzene rings is 1. The molecule has 0 unspecified atom stereocenters. The van der Waals surface area contributed by atoms with E-state index < -0.39 is 33.0 Å². The number of carbonyl (C=O) groups excluding carboxylic acids is 1. The monoisotopic (exact) mass is 327 g/mol. The highest BCUT2D eigenvalue weighted by atomic mass is 32.2. The van der Waals surface area contributed by atoms with Gasteiger partial charge in [-0.3, -0.25) is 0 Å². The lowest BCUT2D eigenvalue weighted by atomic mass is 10.2. The Hall–Kier alpha value is -2.17. The summed E-state index contributed by atoms with van der Waals surface area (Å²) < 4.78 is 66.8. The second-order valence-electron chi connectivity index (χ2n) is 3.48. The van der Waals surface area contributed by atoms with Gasteiger partial charge in [0.2, 0.25) is 0 Å². The lowest BCUT2D eigenvalue weighted by molar-refractivity contribution is -0.0499. The Labute approximate surface area is 116 Å². The second-order valence-corrected chi connectivity index (χ2v) is 5.02. The normalized spacial score (nSPS) is 11.8. The van der Waals surface area contributed by atoms with E-state index in [1.54, 1.807) is 0 Å². The molecule has 0 heterocycles. The van der Waals surface area contributed by atoms with E-state index in [1.807, 2.05) is 0 Å². The van der Waals surface area contributed by atoms with Crippen molar-refractivity contribution in [1.29, 1.82) is 0 Å². The molecule has 0 aromatic heterocycles. The van der Waals surface area contributed by atoms with Crippen molar-refractivity contribution in [2.24, 2.45) is 5.18 Å². The molecule has 1 rings (SSSR count). The van der Waals surface area contributed by atoms with E-state index in [1.165, 1.54) is 6.92 Å². The Morgan fingerprint density at radius 3 is 2.43 bits per heavy atom. The highest BCUT2D eigenvalue weighted by molar-refractivity contribution is 7.88. The van der Waals surface area contributed by atoms with Crippen LogP contribution in [0.4, 0.5) is 18.9 Å². The molecule has 0 saturated carbocycles. The molecule has 0 N–H and O–H groups in total. The zero-order chi connectivity index (χ0) is 16.3. The highest BCUT2D eigenvalue weighted by Gasteiger charge is 2.49. The van der Waals surface area contributed by atoms with E-state index in [-0.39, 0.29) is 12.2 Å². The number of alkyl halides is 3. The molecule has 11 heteroatoms. The third kappa shape index (κ3) is 3.90. The van der Waals surface area contributed by atoms with Gasteiger partial charge in [-0.2, -0.15) is 21.6 Å². The molecule has 1 aromatic carbocycles. The van der Waals surface area contributed by atoms with Crippen LogP contribution < -0.4 is 4.18 Å². The number of ether oxygens (including phenoxy) is 1. The van der Waals surface area contributed by atoms with Gasteiger partial charge in [-0.05, 0) is 30.3 Å². The van der Waals surface area contributed by atoms with Crippen molar-refractivity contribution < 1.29 is 35.3 Å². The molecule has 0 radical (unpaired) electrons. The summed E-state index contributed by atoms with van der Waals surface area (Å²) in [5.74, 6) is -1.95. The van der Waals surface area contributed by atoms with Crippen LogP contribution in [0.1, 0.15) is 17.3 Å². The number of nitrogens with zero attached hydrogens (tertiary/aromatic N) is 1. The first-order valence-electron chi connectivity index (χ1n) is 5.27. The van der Waals surface area contributed by atoms with E-state index in [9.17, 15) is 31.3 Å². The molecule has 1 aromatic rings. The lowest BCUT2D eigenvalue weighted by Gasteiger charge is -2.11. The average molecular weight is 327 g/mol. The fraction of sp³-hybridized carbons (Fsp3) is 0.300. The summed E-state index contributed by atoms with van der Waals surface area (Å²) in [6, 6.07) is 2.49. The fourth-order valence-corrected chi connectivity index (χ4v) is 1.63. The zero-order valence-corrected chi connectivity index (χ0v) is 11.2. The van der Waals surface area contributed by atoms with Gasteiger partial charge in [-0.25, -0.2) is 4.79 Å². The SMILES string of the molecule is CCOC(=O)c1ccc(N=O)c(OS(=O)(=O)C(F)(F)F)c1. The van der Waals surface area contributed by atoms with Crippen LogP contribution >= 0.6 is 0 Å². The molecular formula is C10H8F3NO6S. The number of hydrogen-bond acceptors (Lipinski definition) is 7. The number of nitroso groups, excluding NO2 is 1. The summed E-state index contributed by atoms with van der Waals surface area (Å²) in [5, 5.41) is 2.32. The van der Waals surface area contributed by atoms with Crippen LogP contribution in [0.15, 0.2) is 23.4 Å². The van der Waals surface area contributed by atoms with Crippen molar-refractivity contribution >= 4 is 21.8 Å². The Bertz CT molecular complexity index is 655. The minimum absolute atomic E-state index is 0.0104. The highest BCUT2D eigenvalue weighted by Crippen LogP contribution is 2.34. The molecule has 7 nitrogen and oxygen atoms in total. The Morgan fingerprint density at radius 1 is 1.33 bits per heavy atom. The topological polar surface area (TPSA) is 99.1 Å². The first-order valence-corrected chi connectivity index (χ1v) is 6.68. The Kier molecular flexibility index (Phi) is 4.88. The molecule has 0 amide bonds. The van der Waals surface area contributed by atoms with E-state index >= 15 is 0 Å². The third-order valence-corrected chi connectivity index (χ3v) is 3.02. The van der Waals surface area contributed by atoms with E-state index in [4.69, 9.17) is 0 Å². The number of carbonyl (C=O) groups is 1. The lowest BCUT2D eigenvalue weighted by Crippen LogP contribution is -2.28. The second kappa shape index (κ2) is 6.08. The predicted octanol–water partition coefficient (Wildman–Crippen LogP) is 2.49. The minimum Gasteiger partial charge on any atom is -0.462 e. The van der Waals surface area contributed by atoms with Crippen LogP contribution in [-0.4, -0.2) is 26.5 Å². The first-order chi connectivity index (χ1) is 9.62. The van der Waals surface area contributed by atoms with Crippen molar-refractivity contribution in [2.75, 3.05) is 6.61 Å². The van der Waals surface area contributed by atoms with Crippen molar-refractivity contribution in [3.63, 3.8) is 0 Å². The molecule has 21 heavy (non-hydrogen) atoms. The molecule has 0 fully saturated rings. The summed E-state index contributed by atoms with van der Waals surface area (Å²) in [7, 11) is -5.99. The standard InChI is InChI=1S/C10H8F3NO6S/c1-2-19-9(15)6-3-4-7(14-16)8(5-6)20-21(17,18)10(11,12)13/h3-5H,2H2,1H3. The quantitative estimate of drug-likeness (QED) is 0.356. The minimum atomic E-state index is -5.99. The van der Waals surface area contributed by atoms with Gasteiger partial charge in [-0.15, -0.1) is 4.91 Å². The molecule has 0 saturated heterocycles. The van der Waals surface area contributed by atoms with Gasteiger partial charge in [0.05, 0.1) is 12.2 Å². The van der Waals surface area contributed by atoms with Crippen molar-refractivity contribution in [3.05, 3.63) is 28.7 Å². The first kappa shape index (κ1) is 16.9. The maximum Gasteiger partial charge on any atom is 0.534 e. The number of hydrogen-bond donors (Lipinski definition) is 0. The summed E-state index contributed by atoms with van der Waals surface area (Å²) >= 11 is 0. The number of halogens is 3. The zero-order valence-electron chi connectivity index (χ0n) is 10.4. The van der Waals surface area contributed by atoms with Crippen LogP contribution in [0.25, 0.3) is 0 Å². The largest absolute Gasteiger partial charge is 0.534 e. The Morgan fingerprint density at radius 2 is 1.95 bits per heavy atom. The molecular weight excluding hydrogens is 319 g/mol. The van der Waals surface area contributed by atoms with Crippen molar-refractivity contribution in [1.82, 2.24) is 0 Å². The fourth-order valence-electron chi connectivity index (χ4n) is 1.16. The van der Waals surface area contributed by atoms with Gasteiger partial charge in [-0.1, -0.05) is 0 Å². The molecule has 116 valence electrons. The summed E-state index contributed by atoms with van der Waals surface area (Å²) in [6.07, 6.45) is 0. The smallest absolute Gasteiger partial charge is 0.462 e. The molecule has 0 bridgehead atoms. The summed E-state index contributed by atoms with van der Waals surface area (Å²) in [6.45, 7) is 1.48. The molecule has 0 atom stereocenters. The van der Waals surface area contributed by atoms with Crippen LogP contribution in [0.2, 0.25) is 0 Å². The van der Waals surface area contributed by atoms with E-state index in [0.29, 0.717) is 6.07 Å². The third-order valence-electron chi connectivity index (χ3n) is 2.05. The summed E-state index contributed by atoms with van der Waals surface area (Å²) in [5.41, 5.74) is -6.69. The molecule has 0 aliphatic heterocycles. The van der Waals surface area contributed by atoms with Crippen molar-refractivity contribution in [3.8, 4) is 5.75 Å². The maximum atomic E-state index is 12.2. The van der Waals surface area contributed by atoms with Crippen LogP contribution in [0.5, 0.6) is 5.75 Å². The number of esters is 1. The van der Waals surface area contributed by atoms with Gasteiger partial charge >= 0.3 is 21.6 Å². The van der Waals surface area contributed by atoms with Gasteiger partial charge < -0.3 is 8.92 Å². The maximum absolute atomic E-state index is 12.2.